The van der Waals surface area contributed by atoms with Crippen LogP contribution in [-0.4, -0.2) is 0 Å². The number of rotatable bonds is 4. The number of hydrogen-bond donors (Lipinski definition) is 1. The average molecular weight is 227 g/mol. The van der Waals surface area contributed by atoms with E-state index in [-0.39, 0.29) is 0 Å². The zero-order valence-corrected chi connectivity index (χ0v) is 10.0. The molecule has 0 bridgehead atoms. The van der Waals surface area contributed by atoms with Crippen LogP contribution in [0.1, 0.15) is 16.7 Å². The summed E-state index contributed by atoms with van der Waals surface area (Å²) < 4.78 is 5.79. The Kier molecular flexibility index (Phi) is 3.78. The second-order valence-corrected chi connectivity index (χ2v) is 4.09. The molecule has 0 aliphatic heterocycles. The van der Waals surface area contributed by atoms with Crippen molar-refractivity contribution in [1.82, 2.24) is 0 Å². The van der Waals surface area contributed by atoms with E-state index in [2.05, 4.69) is 25.1 Å². The molecule has 0 saturated carbocycles. The van der Waals surface area contributed by atoms with Gasteiger partial charge in [0.15, 0.2) is 0 Å². The van der Waals surface area contributed by atoms with Crippen LogP contribution in [0.15, 0.2) is 48.5 Å². The van der Waals surface area contributed by atoms with Crippen molar-refractivity contribution in [3.8, 4) is 5.75 Å². The van der Waals surface area contributed by atoms with Crippen LogP contribution in [0.3, 0.4) is 0 Å². The first-order valence-corrected chi connectivity index (χ1v) is 5.76. The number of hydrogen-bond acceptors (Lipinski definition) is 2. The third kappa shape index (κ3) is 3.08. The Bertz CT molecular complexity index is 480. The molecular formula is C15H17NO. The molecule has 2 N–H and O–H groups in total. The third-order valence-electron chi connectivity index (χ3n) is 2.67. The minimum absolute atomic E-state index is 0.506. The van der Waals surface area contributed by atoms with Gasteiger partial charge in [0.05, 0.1) is 0 Å². The molecule has 2 rings (SSSR count). The molecule has 2 aromatic carbocycles. The number of aryl methyl sites for hydroxylation is 1. The molecule has 2 heteroatoms. The summed E-state index contributed by atoms with van der Waals surface area (Å²) in [6, 6.07) is 16.2. The van der Waals surface area contributed by atoms with Crippen molar-refractivity contribution in [2.45, 2.75) is 20.1 Å². The molecular weight excluding hydrogens is 210 g/mol. The Morgan fingerprint density at radius 1 is 1.06 bits per heavy atom. The van der Waals surface area contributed by atoms with E-state index in [9.17, 15) is 0 Å². The summed E-state index contributed by atoms with van der Waals surface area (Å²) in [5.74, 6) is 0.877. The summed E-state index contributed by atoms with van der Waals surface area (Å²) in [6.07, 6.45) is 0. The van der Waals surface area contributed by atoms with E-state index in [1.54, 1.807) is 0 Å². The molecule has 2 aromatic rings. The third-order valence-corrected chi connectivity index (χ3v) is 2.67. The Balaban J connectivity index is 2.09. The van der Waals surface area contributed by atoms with Gasteiger partial charge in [-0.05, 0) is 18.6 Å². The molecule has 0 heterocycles. The van der Waals surface area contributed by atoms with Gasteiger partial charge in [-0.2, -0.15) is 0 Å². The molecule has 0 spiro atoms. The maximum absolute atomic E-state index is 5.79. The van der Waals surface area contributed by atoms with Crippen molar-refractivity contribution >= 4 is 0 Å². The second-order valence-electron chi connectivity index (χ2n) is 4.09. The lowest BCUT2D eigenvalue weighted by Gasteiger charge is -2.11. The maximum Gasteiger partial charge on any atom is 0.124 e. The SMILES string of the molecule is Cc1ccc(OCc2ccccc2)c(CN)c1. The highest BCUT2D eigenvalue weighted by molar-refractivity contribution is 5.36. The average Bonchev–Trinajstić information content (AvgIpc) is 2.38. The van der Waals surface area contributed by atoms with Gasteiger partial charge in [0.2, 0.25) is 0 Å². The molecule has 0 fully saturated rings. The molecule has 0 amide bonds. The largest absolute Gasteiger partial charge is 0.489 e. The second kappa shape index (κ2) is 5.51. The zero-order chi connectivity index (χ0) is 12.1. The minimum Gasteiger partial charge on any atom is -0.489 e. The van der Waals surface area contributed by atoms with Crippen molar-refractivity contribution < 1.29 is 4.74 Å². The minimum atomic E-state index is 0.506. The summed E-state index contributed by atoms with van der Waals surface area (Å²) in [5.41, 5.74) is 9.13. The summed E-state index contributed by atoms with van der Waals surface area (Å²) in [7, 11) is 0. The van der Waals surface area contributed by atoms with Crippen LogP contribution in [0.2, 0.25) is 0 Å². The fraction of sp³-hybridized carbons (Fsp3) is 0.200. The van der Waals surface area contributed by atoms with Crippen molar-refractivity contribution in [2.75, 3.05) is 0 Å². The van der Waals surface area contributed by atoms with Crippen molar-refractivity contribution in [2.24, 2.45) is 5.73 Å². The van der Waals surface area contributed by atoms with Crippen molar-refractivity contribution in [3.05, 3.63) is 65.2 Å². The maximum atomic E-state index is 5.79. The first-order chi connectivity index (χ1) is 8.29. The molecule has 0 aliphatic rings. The van der Waals surface area contributed by atoms with E-state index in [0.29, 0.717) is 13.2 Å². The van der Waals surface area contributed by atoms with Gasteiger partial charge in [-0.15, -0.1) is 0 Å². The first-order valence-electron chi connectivity index (χ1n) is 5.76. The van der Waals surface area contributed by atoms with Crippen molar-refractivity contribution in [3.63, 3.8) is 0 Å². The van der Waals surface area contributed by atoms with Crippen LogP contribution in [0.4, 0.5) is 0 Å². The lowest BCUT2D eigenvalue weighted by atomic mass is 10.1. The summed E-state index contributed by atoms with van der Waals surface area (Å²) in [5, 5.41) is 0. The normalized spacial score (nSPS) is 10.2. The lowest BCUT2D eigenvalue weighted by molar-refractivity contribution is 0.303. The highest BCUT2D eigenvalue weighted by Crippen LogP contribution is 2.20. The van der Waals surface area contributed by atoms with Gasteiger partial charge in [0.25, 0.3) is 0 Å². The van der Waals surface area contributed by atoms with Gasteiger partial charge < -0.3 is 10.5 Å². The molecule has 0 atom stereocenters. The van der Waals surface area contributed by atoms with Crippen LogP contribution in [0.5, 0.6) is 5.75 Å². The smallest absolute Gasteiger partial charge is 0.124 e. The van der Waals surface area contributed by atoms with E-state index in [1.165, 1.54) is 5.56 Å². The van der Waals surface area contributed by atoms with Gasteiger partial charge in [0.1, 0.15) is 12.4 Å². The zero-order valence-electron chi connectivity index (χ0n) is 10.0. The van der Waals surface area contributed by atoms with Gasteiger partial charge in [-0.25, -0.2) is 0 Å². The monoisotopic (exact) mass is 227 g/mol. The molecule has 0 unspecified atom stereocenters. The predicted molar refractivity (Wildman–Crippen MR) is 69.8 cm³/mol. The Morgan fingerprint density at radius 2 is 1.82 bits per heavy atom. The fourth-order valence-electron chi connectivity index (χ4n) is 1.74. The molecule has 88 valence electrons. The van der Waals surface area contributed by atoms with Crippen LogP contribution in [0.25, 0.3) is 0 Å². The molecule has 0 radical (unpaired) electrons. The summed E-state index contributed by atoms with van der Waals surface area (Å²) >= 11 is 0. The molecule has 2 nitrogen and oxygen atoms in total. The Morgan fingerprint density at radius 3 is 2.53 bits per heavy atom. The number of nitrogens with two attached hydrogens (primary N) is 1. The van der Waals surface area contributed by atoms with E-state index >= 15 is 0 Å². The molecule has 0 aromatic heterocycles. The van der Waals surface area contributed by atoms with Crippen LogP contribution in [0, 0.1) is 6.92 Å². The van der Waals surface area contributed by atoms with E-state index < -0.39 is 0 Å². The van der Waals surface area contributed by atoms with Crippen LogP contribution < -0.4 is 10.5 Å². The number of ether oxygens (including phenoxy) is 1. The van der Waals surface area contributed by atoms with Gasteiger partial charge in [-0.3, -0.25) is 0 Å². The lowest BCUT2D eigenvalue weighted by Crippen LogP contribution is -2.03. The highest BCUT2D eigenvalue weighted by atomic mass is 16.5. The van der Waals surface area contributed by atoms with E-state index in [1.807, 2.05) is 30.3 Å². The van der Waals surface area contributed by atoms with Gasteiger partial charge in [0, 0.05) is 12.1 Å². The van der Waals surface area contributed by atoms with E-state index in [0.717, 1.165) is 16.9 Å². The van der Waals surface area contributed by atoms with Gasteiger partial charge in [-0.1, -0.05) is 48.0 Å². The quantitative estimate of drug-likeness (QED) is 0.871. The fourth-order valence-corrected chi connectivity index (χ4v) is 1.74. The molecule has 17 heavy (non-hydrogen) atoms. The van der Waals surface area contributed by atoms with E-state index in [4.69, 9.17) is 10.5 Å². The number of benzene rings is 2. The van der Waals surface area contributed by atoms with Crippen molar-refractivity contribution in [1.29, 1.82) is 0 Å². The summed E-state index contributed by atoms with van der Waals surface area (Å²) in [4.78, 5) is 0. The van der Waals surface area contributed by atoms with Crippen LogP contribution >= 0.6 is 0 Å². The Hall–Kier alpha value is -1.80. The Labute approximate surface area is 102 Å². The predicted octanol–water partition coefficient (Wildman–Crippen LogP) is 3.03. The highest BCUT2D eigenvalue weighted by Gasteiger charge is 2.02. The van der Waals surface area contributed by atoms with Gasteiger partial charge >= 0.3 is 0 Å². The summed E-state index contributed by atoms with van der Waals surface area (Å²) in [6.45, 7) is 3.14. The van der Waals surface area contributed by atoms with Crippen LogP contribution in [-0.2, 0) is 13.2 Å². The topological polar surface area (TPSA) is 35.2 Å². The molecule has 0 aliphatic carbocycles. The molecule has 0 saturated heterocycles. The standard InChI is InChI=1S/C15H17NO/c1-12-7-8-15(14(9-12)10-16)17-11-13-5-3-2-4-6-13/h2-9H,10-11,16H2,1H3. The first kappa shape index (κ1) is 11.7.